The minimum atomic E-state index is 0.852. The van der Waals surface area contributed by atoms with E-state index in [9.17, 15) is 0 Å². The van der Waals surface area contributed by atoms with E-state index >= 15 is 0 Å². The summed E-state index contributed by atoms with van der Waals surface area (Å²) in [5.41, 5.74) is 0. The molecule has 0 radical (unpaired) electrons. The fourth-order valence-electron chi connectivity index (χ4n) is 1.60. The Bertz CT molecular complexity index is 78.6. The van der Waals surface area contributed by atoms with Gasteiger partial charge in [0.25, 0.3) is 0 Å². The van der Waals surface area contributed by atoms with Crippen LogP contribution < -0.4 is 5.32 Å². The van der Waals surface area contributed by atoms with Gasteiger partial charge in [0.05, 0.1) is 0 Å². The summed E-state index contributed by atoms with van der Waals surface area (Å²) in [4.78, 5) is 0. The molecule has 1 nitrogen and oxygen atoms in total. The topological polar surface area (TPSA) is 12.0 Å². The molecule has 0 amide bonds. The number of hydrogen-bond donors (Lipinski definition) is 1. The van der Waals surface area contributed by atoms with Crippen LogP contribution in [0.3, 0.4) is 0 Å². The quantitative estimate of drug-likeness (QED) is 0.609. The smallest absolute Gasteiger partial charge is 0.0105 e. The first-order chi connectivity index (χ1) is 4.38. The largest absolute Gasteiger partial charge is 0.313 e. The van der Waals surface area contributed by atoms with Gasteiger partial charge in [-0.2, -0.15) is 0 Å². The van der Waals surface area contributed by atoms with E-state index < -0.39 is 0 Å². The van der Waals surface area contributed by atoms with Crippen molar-refractivity contribution in [3.05, 3.63) is 0 Å². The Morgan fingerprint density at radius 1 is 1.44 bits per heavy atom. The minimum Gasteiger partial charge on any atom is -0.313 e. The Hall–Kier alpha value is -0.0400. The van der Waals surface area contributed by atoms with Crippen molar-refractivity contribution in [1.29, 1.82) is 0 Å². The van der Waals surface area contributed by atoms with Gasteiger partial charge in [-0.25, -0.2) is 0 Å². The van der Waals surface area contributed by atoms with Gasteiger partial charge in [-0.3, -0.25) is 0 Å². The van der Waals surface area contributed by atoms with Crippen molar-refractivity contribution >= 4 is 0 Å². The van der Waals surface area contributed by atoms with Crippen LogP contribution in [0.25, 0.3) is 0 Å². The van der Waals surface area contributed by atoms with Gasteiger partial charge >= 0.3 is 0 Å². The highest BCUT2D eigenvalue weighted by Crippen LogP contribution is 2.20. The van der Waals surface area contributed by atoms with Gasteiger partial charge in [0.1, 0.15) is 0 Å². The normalized spacial score (nSPS) is 34.0. The van der Waals surface area contributed by atoms with Crippen molar-refractivity contribution in [2.45, 2.75) is 39.2 Å². The lowest BCUT2D eigenvalue weighted by Crippen LogP contribution is -2.52. The van der Waals surface area contributed by atoms with Gasteiger partial charge in [0.2, 0.25) is 0 Å². The zero-order chi connectivity index (χ0) is 6.69. The molecule has 2 atom stereocenters. The Balaban J connectivity index is 2.11. The molecule has 0 saturated carbocycles. The van der Waals surface area contributed by atoms with Crippen molar-refractivity contribution in [3.63, 3.8) is 0 Å². The molecule has 0 aromatic heterocycles. The maximum atomic E-state index is 3.43. The molecule has 0 aliphatic carbocycles. The van der Waals surface area contributed by atoms with Gasteiger partial charge in [-0.1, -0.05) is 20.3 Å². The van der Waals surface area contributed by atoms with Crippen LogP contribution in [0.5, 0.6) is 0 Å². The van der Waals surface area contributed by atoms with Gasteiger partial charge in [0.15, 0.2) is 0 Å². The SMILES string of the molecule is CCCC1CNC1CC. The summed E-state index contributed by atoms with van der Waals surface area (Å²) in [7, 11) is 0. The molecule has 0 aromatic rings. The second-order valence-electron chi connectivity index (χ2n) is 2.97. The van der Waals surface area contributed by atoms with Gasteiger partial charge < -0.3 is 5.32 Å². The molecule has 9 heavy (non-hydrogen) atoms. The van der Waals surface area contributed by atoms with Crippen molar-refractivity contribution in [2.24, 2.45) is 5.92 Å². The summed E-state index contributed by atoms with van der Waals surface area (Å²) in [6.07, 6.45) is 4.08. The molecule has 1 N–H and O–H groups in total. The molecule has 1 heteroatoms. The molecular formula is C8H17N. The minimum absolute atomic E-state index is 0.852. The van der Waals surface area contributed by atoms with Crippen LogP contribution in [0.1, 0.15) is 33.1 Å². The van der Waals surface area contributed by atoms with E-state index in [1.54, 1.807) is 0 Å². The highest BCUT2D eigenvalue weighted by molar-refractivity contribution is 4.85. The van der Waals surface area contributed by atoms with E-state index in [1.807, 2.05) is 0 Å². The molecule has 1 aliphatic heterocycles. The molecule has 1 heterocycles. The third kappa shape index (κ3) is 1.45. The molecule has 1 aliphatic rings. The van der Waals surface area contributed by atoms with Gasteiger partial charge in [0, 0.05) is 6.04 Å². The van der Waals surface area contributed by atoms with Crippen LogP contribution in [0, 0.1) is 5.92 Å². The van der Waals surface area contributed by atoms with Crippen molar-refractivity contribution < 1.29 is 0 Å². The maximum absolute atomic E-state index is 3.43. The number of nitrogens with one attached hydrogen (secondary N) is 1. The van der Waals surface area contributed by atoms with E-state index in [2.05, 4.69) is 19.2 Å². The second kappa shape index (κ2) is 3.21. The second-order valence-corrected chi connectivity index (χ2v) is 2.97. The first-order valence-corrected chi connectivity index (χ1v) is 4.11. The lowest BCUT2D eigenvalue weighted by Gasteiger charge is -2.37. The average molecular weight is 127 g/mol. The van der Waals surface area contributed by atoms with Crippen molar-refractivity contribution in [2.75, 3.05) is 6.54 Å². The summed E-state index contributed by atoms with van der Waals surface area (Å²) >= 11 is 0. The molecule has 0 aromatic carbocycles. The molecule has 0 bridgehead atoms. The van der Waals surface area contributed by atoms with E-state index in [0.717, 1.165) is 12.0 Å². The van der Waals surface area contributed by atoms with Crippen LogP contribution in [-0.2, 0) is 0 Å². The molecule has 1 saturated heterocycles. The summed E-state index contributed by atoms with van der Waals surface area (Å²) in [6.45, 7) is 5.80. The van der Waals surface area contributed by atoms with Crippen LogP contribution in [0.2, 0.25) is 0 Å². The number of hydrogen-bond acceptors (Lipinski definition) is 1. The Kier molecular flexibility index (Phi) is 2.52. The third-order valence-electron chi connectivity index (χ3n) is 2.31. The van der Waals surface area contributed by atoms with Gasteiger partial charge in [-0.05, 0) is 25.3 Å². The monoisotopic (exact) mass is 127 g/mol. The van der Waals surface area contributed by atoms with E-state index in [0.29, 0.717) is 0 Å². The molecule has 1 rings (SSSR count). The highest BCUT2D eigenvalue weighted by atomic mass is 15.0. The van der Waals surface area contributed by atoms with Crippen LogP contribution in [-0.4, -0.2) is 12.6 Å². The van der Waals surface area contributed by atoms with Crippen LogP contribution >= 0.6 is 0 Å². The summed E-state index contributed by atoms with van der Waals surface area (Å²) in [5, 5.41) is 3.43. The maximum Gasteiger partial charge on any atom is 0.0105 e. The summed E-state index contributed by atoms with van der Waals surface area (Å²) in [6, 6.07) is 0.852. The van der Waals surface area contributed by atoms with Crippen LogP contribution in [0.4, 0.5) is 0 Å². The molecule has 54 valence electrons. The Morgan fingerprint density at radius 2 is 2.22 bits per heavy atom. The fraction of sp³-hybridized carbons (Fsp3) is 1.00. The van der Waals surface area contributed by atoms with E-state index in [1.165, 1.54) is 25.8 Å². The number of rotatable bonds is 3. The Morgan fingerprint density at radius 3 is 2.56 bits per heavy atom. The average Bonchev–Trinajstić information content (AvgIpc) is 1.82. The van der Waals surface area contributed by atoms with E-state index in [4.69, 9.17) is 0 Å². The van der Waals surface area contributed by atoms with E-state index in [-0.39, 0.29) is 0 Å². The molecule has 1 fully saturated rings. The standard InChI is InChI=1S/C8H17N/c1-3-5-7-6-9-8(7)4-2/h7-9H,3-6H2,1-2H3. The summed E-state index contributed by atoms with van der Waals surface area (Å²) < 4.78 is 0. The zero-order valence-corrected chi connectivity index (χ0v) is 6.48. The summed E-state index contributed by atoms with van der Waals surface area (Å²) in [5.74, 6) is 1.000. The highest BCUT2D eigenvalue weighted by Gasteiger charge is 2.26. The zero-order valence-electron chi connectivity index (χ0n) is 6.48. The molecular weight excluding hydrogens is 110 g/mol. The van der Waals surface area contributed by atoms with Gasteiger partial charge in [-0.15, -0.1) is 0 Å². The van der Waals surface area contributed by atoms with Crippen LogP contribution in [0.15, 0.2) is 0 Å². The first kappa shape index (κ1) is 7.07. The van der Waals surface area contributed by atoms with Crippen molar-refractivity contribution in [3.8, 4) is 0 Å². The fourth-order valence-corrected chi connectivity index (χ4v) is 1.60. The molecule has 0 spiro atoms. The third-order valence-corrected chi connectivity index (χ3v) is 2.31. The predicted octanol–water partition coefficient (Wildman–Crippen LogP) is 1.78. The lowest BCUT2D eigenvalue weighted by atomic mass is 9.86. The first-order valence-electron chi connectivity index (χ1n) is 4.11. The lowest BCUT2D eigenvalue weighted by molar-refractivity contribution is 0.211. The Labute approximate surface area is 57.8 Å². The van der Waals surface area contributed by atoms with Crippen molar-refractivity contribution in [1.82, 2.24) is 5.32 Å². The predicted molar refractivity (Wildman–Crippen MR) is 40.5 cm³/mol. The molecule has 2 unspecified atom stereocenters.